The Bertz CT molecular complexity index is 80.5. The number of aliphatic hydroxyl groups excluding tert-OH is 1. The van der Waals surface area contributed by atoms with Crippen molar-refractivity contribution in [2.45, 2.75) is 11.8 Å². The van der Waals surface area contributed by atoms with E-state index in [0.29, 0.717) is 0 Å². The quantitative estimate of drug-likeness (QED) is 0.529. The molecule has 1 aliphatic heterocycles. The molecular formula is C5H11NOS. The van der Waals surface area contributed by atoms with E-state index in [0.717, 1.165) is 12.3 Å². The Morgan fingerprint density at radius 2 is 2.62 bits per heavy atom. The van der Waals surface area contributed by atoms with Crippen LogP contribution in [0, 0.1) is 0 Å². The van der Waals surface area contributed by atoms with Gasteiger partial charge in [-0.05, 0) is 6.92 Å². The highest BCUT2D eigenvalue weighted by Gasteiger charge is 2.27. The minimum atomic E-state index is -0.0417. The van der Waals surface area contributed by atoms with E-state index in [1.807, 2.05) is 6.92 Å². The topological polar surface area (TPSA) is 32.3 Å². The number of nitrogens with one attached hydrogen (secondary N) is 1. The first kappa shape index (κ1) is 6.39. The van der Waals surface area contributed by atoms with Gasteiger partial charge in [0.15, 0.2) is 0 Å². The first-order valence-electron chi connectivity index (χ1n) is 2.77. The fourth-order valence-corrected chi connectivity index (χ4v) is 1.69. The summed E-state index contributed by atoms with van der Waals surface area (Å²) in [5.74, 6) is 1.12. The third-order valence-corrected chi connectivity index (χ3v) is 2.64. The zero-order valence-electron chi connectivity index (χ0n) is 4.98. The molecule has 1 heterocycles. The van der Waals surface area contributed by atoms with Crippen LogP contribution in [0.2, 0.25) is 0 Å². The summed E-state index contributed by atoms with van der Waals surface area (Å²) in [5, 5.41) is 11.9. The normalized spacial score (nSPS) is 38.2. The standard InChI is InChI=1S/C5H11NOS/c1-5(4-7)6-2-3-8-5/h6-7H,2-4H2,1H3. The summed E-state index contributed by atoms with van der Waals surface area (Å²) in [6, 6.07) is 0. The van der Waals surface area contributed by atoms with Gasteiger partial charge in [-0.3, -0.25) is 0 Å². The van der Waals surface area contributed by atoms with E-state index in [1.165, 1.54) is 0 Å². The van der Waals surface area contributed by atoms with Crippen LogP contribution in [0.3, 0.4) is 0 Å². The second kappa shape index (κ2) is 2.25. The van der Waals surface area contributed by atoms with Gasteiger partial charge >= 0.3 is 0 Å². The first-order valence-corrected chi connectivity index (χ1v) is 3.75. The largest absolute Gasteiger partial charge is 0.394 e. The second-order valence-electron chi connectivity index (χ2n) is 2.16. The molecule has 1 saturated heterocycles. The summed E-state index contributed by atoms with van der Waals surface area (Å²) in [7, 11) is 0. The molecular weight excluding hydrogens is 122 g/mol. The first-order chi connectivity index (χ1) is 3.77. The van der Waals surface area contributed by atoms with E-state index in [-0.39, 0.29) is 11.5 Å². The summed E-state index contributed by atoms with van der Waals surface area (Å²) >= 11 is 1.78. The number of aliphatic hydroxyl groups is 1. The minimum Gasteiger partial charge on any atom is -0.394 e. The van der Waals surface area contributed by atoms with Gasteiger partial charge in [-0.25, -0.2) is 0 Å². The van der Waals surface area contributed by atoms with Crippen LogP contribution in [-0.4, -0.2) is 28.9 Å². The molecule has 1 atom stereocenters. The SMILES string of the molecule is CC1(CO)NCCS1. The molecule has 8 heavy (non-hydrogen) atoms. The highest BCUT2D eigenvalue weighted by molar-refractivity contribution is 8.00. The molecule has 1 aliphatic rings. The molecule has 0 aromatic carbocycles. The van der Waals surface area contributed by atoms with Crippen molar-refractivity contribution >= 4 is 11.8 Å². The van der Waals surface area contributed by atoms with Gasteiger partial charge in [0.25, 0.3) is 0 Å². The van der Waals surface area contributed by atoms with Crippen molar-refractivity contribution in [2.75, 3.05) is 18.9 Å². The van der Waals surface area contributed by atoms with Crippen molar-refractivity contribution in [2.24, 2.45) is 0 Å². The molecule has 0 aromatic heterocycles. The zero-order chi connectivity index (χ0) is 6.04. The fraction of sp³-hybridized carbons (Fsp3) is 1.00. The molecule has 1 unspecified atom stereocenters. The minimum absolute atomic E-state index is 0.0417. The van der Waals surface area contributed by atoms with E-state index < -0.39 is 0 Å². The van der Waals surface area contributed by atoms with Gasteiger partial charge in [0.1, 0.15) is 0 Å². The highest BCUT2D eigenvalue weighted by atomic mass is 32.2. The number of hydrogen-bond donors (Lipinski definition) is 2. The van der Waals surface area contributed by atoms with Crippen LogP contribution in [0.4, 0.5) is 0 Å². The summed E-state index contributed by atoms with van der Waals surface area (Å²) in [4.78, 5) is -0.0417. The van der Waals surface area contributed by atoms with Gasteiger partial charge in [-0.1, -0.05) is 0 Å². The maximum atomic E-state index is 8.74. The monoisotopic (exact) mass is 133 g/mol. The Labute approximate surface area is 53.7 Å². The molecule has 0 aliphatic carbocycles. The summed E-state index contributed by atoms with van der Waals surface area (Å²) in [6.07, 6.45) is 0. The van der Waals surface area contributed by atoms with Crippen molar-refractivity contribution in [3.8, 4) is 0 Å². The van der Waals surface area contributed by atoms with E-state index in [9.17, 15) is 0 Å². The van der Waals surface area contributed by atoms with Crippen LogP contribution >= 0.6 is 11.8 Å². The van der Waals surface area contributed by atoms with Gasteiger partial charge < -0.3 is 10.4 Å². The third kappa shape index (κ3) is 1.16. The van der Waals surface area contributed by atoms with Crippen LogP contribution in [0.15, 0.2) is 0 Å². The lowest BCUT2D eigenvalue weighted by Crippen LogP contribution is -2.37. The molecule has 0 bridgehead atoms. The zero-order valence-corrected chi connectivity index (χ0v) is 5.79. The molecule has 0 radical (unpaired) electrons. The van der Waals surface area contributed by atoms with Crippen molar-refractivity contribution in [1.29, 1.82) is 0 Å². The summed E-state index contributed by atoms with van der Waals surface area (Å²) in [6.45, 7) is 3.28. The third-order valence-electron chi connectivity index (χ3n) is 1.32. The van der Waals surface area contributed by atoms with Crippen molar-refractivity contribution in [3.05, 3.63) is 0 Å². The predicted molar refractivity (Wildman–Crippen MR) is 36.0 cm³/mol. The van der Waals surface area contributed by atoms with E-state index >= 15 is 0 Å². The lowest BCUT2D eigenvalue weighted by molar-refractivity contribution is 0.241. The van der Waals surface area contributed by atoms with Gasteiger partial charge in [0, 0.05) is 12.3 Å². The van der Waals surface area contributed by atoms with Crippen LogP contribution in [0.1, 0.15) is 6.92 Å². The Hall–Kier alpha value is 0.270. The number of hydrogen-bond acceptors (Lipinski definition) is 3. The van der Waals surface area contributed by atoms with Crippen LogP contribution in [-0.2, 0) is 0 Å². The van der Waals surface area contributed by atoms with E-state index in [2.05, 4.69) is 5.32 Å². The molecule has 0 saturated carbocycles. The number of rotatable bonds is 1. The molecule has 2 nitrogen and oxygen atoms in total. The van der Waals surface area contributed by atoms with E-state index in [1.54, 1.807) is 11.8 Å². The molecule has 3 heteroatoms. The average molecular weight is 133 g/mol. The average Bonchev–Trinajstić information content (AvgIpc) is 2.17. The van der Waals surface area contributed by atoms with Crippen molar-refractivity contribution in [1.82, 2.24) is 5.32 Å². The lowest BCUT2D eigenvalue weighted by Gasteiger charge is -2.18. The van der Waals surface area contributed by atoms with Crippen LogP contribution in [0.25, 0.3) is 0 Å². The molecule has 0 amide bonds. The molecule has 1 rings (SSSR count). The molecule has 0 spiro atoms. The maximum Gasteiger partial charge on any atom is 0.0851 e. The Kier molecular flexibility index (Phi) is 1.80. The fourth-order valence-electron chi connectivity index (χ4n) is 0.744. The Morgan fingerprint density at radius 3 is 2.88 bits per heavy atom. The number of thioether (sulfide) groups is 1. The smallest absolute Gasteiger partial charge is 0.0851 e. The molecule has 1 fully saturated rings. The van der Waals surface area contributed by atoms with Crippen LogP contribution in [0.5, 0.6) is 0 Å². The Morgan fingerprint density at radius 1 is 1.88 bits per heavy atom. The van der Waals surface area contributed by atoms with Gasteiger partial charge in [-0.15, -0.1) is 11.8 Å². The van der Waals surface area contributed by atoms with Gasteiger partial charge in [0.2, 0.25) is 0 Å². The molecule has 2 N–H and O–H groups in total. The van der Waals surface area contributed by atoms with Crippen molar-refractivity contribution in [3.63, 3.8) is 0 Å². The maximum absolute atomic E-state index is 8.74. The second-order valence-corrected chi connectivity index (χ2v) is 3.76. The van der Waals surface area contributed by atoms with Gasteiger partial charge in [0.05, 0.1) is 11.5 Å². The van der Waals surface area contributed by atoms with Gasteiger partial charge in [-0.2, -0.15) is 0 Å². The highest BCUT2D eigenvalue weighted by Crippen LogP contribution is 2.25. The van der Waals surface area contributed by atoms with Crippen LogP contribution < -0.4 is 5.32 Å². The lowest BCUT2D eigenvalue weighted by atomic mass is 10.3. The Balaban J connectivity index is 2.40. The molecule has 0 aromatic rings. The van der Waals surface area contributed by atoms with Crippen molar-refractivity contribution < 1.29 is 5.11 Å². The summed E-state index contributed by atoms with van der Waals surface area (Å²) < 4.78 is 0. The summed E-state index contributed by atoms with van der Waals surface area (Å²) in [5.41, 5.74) is 0. The van der Waals surface area contributed by atoms with E-state index in [4.69, 9.17) is 5.11 Å². The molecule has 48 valence electrons. The predicted octanol–water partition coefficient (Wildman–Crippen LogP) is 0.0313.